The predicted octanol–water partition coefficient (Wildman–Crippen LogP) is 1.84. The van der Waals surface area contributed by atoms with Crippen molar-refractivity contribution in [3.05, 3.63) is 77.7 Å². The zero-order valence-electron chi connectivity index (χ0n) is 17.2. The number of amides is 4. The first-order valence-corrected chi connectivity index (χ1v) is 9.97. The molecule has 0 saturated carbocycles. The highest BCUT2D eigenvalue weighted by atomic mass is 16.5. The molecule has 32 heavy (non-hydrogen) atoms. The molecule has 5 rings (SSSR count). The van der Waals surface area contributed by atoms with Gasteiger partial charge in [0.15, 0.2) is 5.54 Å². The normalized spacial score (nSPS) is 19.5. The Morgan fingerprint density at radius 3 is 2.56 bits per heavy atom. The van der Waals surface area contributed by atoms with Crippen molar-refractivity contribution in [1.29, 1.82) is 0 Å². The minimum Gasteiger partial charge on any atom is -0.497 e. The molecule has 2 aromatic carbocycles. The highest BCUT2D eigenvalue weighted by Gasteiger charge is 2.50. The maximum atomic E-state index is 13.1. The molecular weight excluding hydrogens is 410 g/mol. The lowest BCUT2D eigenvalue weighted by Gasteiger charge is -2.31. The lowest BCUT2D eigenvalue weighted by Crippen LogP contribution is -2.52. The van der Waals surface area contributed by atoms with E-state index in [0.717, 1.165) is 11.1 Å². The van der Waals surface area contributed by atoms with Crippen molar-refractivity contribution in [2.45, 2.75) is 12.1 Å². The number of urea groups is 1. The molecule has 1 saturated heterocycles. The van der Waals surface area contributed by atoms with Gasteiger partial charge in [-0.3, -0.25) is 24.9 Å². The first-order chi connectivity index (χ1) is 15.5. The van der Waals surface area contributed by atoms with Crippen LogP contribution in [-0.2, 0) is 16.9 Å². The lowest BCUT2D eigenvalue weighted by atomic mass is 9.88. The van der Waals surface area contributed by atoms with Gasteiger partial charge < -0.3 is 15.0 Å². The van der Waals surface area contributed by atoms with Crippen LogP contribution in [0.2, 0.25) is 0 Å². The van der Waals surface area contributed by atoms with Crippen LogP contribution >= 0.6 is 0 Å². The summed E-state index contributed by atoms with van der Waals surface area (Å²) >= 11 is 0. The van der Waals surface area contributed by atoms with E-state index < -0.39 is 17.5 Å². The van der Waals surface area contributed by atoms with Crippen LogP contribution in [0.5, 0.6) is 5.75 Å². The Morgan fingerprint density at radius 2 is 1.91 bits per heavy atom. The summed E-state index contributed by atoms with van der Waals surface area (Å²) in [5.74, 6) is -0.139. The van der Waals surface area contributed by atoms with Crippen LogP contribution in [0.15, 0.2) is 61.1 Å². The van der Waals surface area contributed by atoms with E-state index in [1.807, 2.05) is 18.2 Å². The molecule has 1 atom stereocenters. The van der Waals surface area contributed by atoms with E-state index in [1.165, 1.54) is 7.11 Å². The molecule has 2 aliphatic rings. The Bertz CT molecular complexity index is 1230. The van der Waals surface area contributed by atoms with Crippen molar-refractivity contribution in [2.75, 3.05) is 13.7 Å². The van der Waals surface area contributed by atoms with Crippen molar-refractivity contribution < 1.29 is 19.1 Å². The maximum Gasteiger partial charge on any atom is 0.322 e. The monoisotopic (exact) mass is 429 g/mol. The lowest BCUT2D eigenvalue weighted by molar-refractivity contribution is -0.124. The van der Waals surface area contributed by atoms with E-state index in [9.17, 15) is 14.4 Å². The predicted molar refractivity (Wildman–Crippen MR) is 114 cm³/mol. The Kier molecular flexibility index (Phi) is 4.58. The van der Waals surface area contributed by atoms with E-state index in [0.29, 0.717) is 29.1 Å². The zero-order chi connectivity index (χ0) is 22.3. The molecule has 0 spiro atoms. The standard InChI is InChI=1S/C23H19N5O4/c1-32-17-7-4-15-12-28(20(29)18(15)10-17)13-23(21(30)26-22(31)27-23)16-5-2-14(3-6-16)19-11-24-8-9-25-19/h2-11H,12-13H2,1H3,(H2,26,27,30,31)/t23-/m0/s1. The number of fused-ring (bicyclic) bond motifs is 1. The van der Waals surface area contributed by atoms with Gasteiger partial charge in [0.2, 0.25) is 0 Å². The maximum absolute atomic E-state index is 13.1. The molecule has 160 valence electrons. The molecule has 2 N–H and O–H groups in total. The number of benzene rings is 2. The number of rotatable bonds is 5. The quantitative estimate of drug-likeness (QED) is 0.599. The Balaban J connectivity index is 1.48. The number of ether oxygens (including phenoxy) is 1. The second-order valence-electron chi connectivity index (χ2n) is 7.67. The number of imide groups is 1. The third-order valence-corrected chi connectivity index (χ3v) is 5.80. The van der Waals surface area contributed by atoms with Gasteiger partial charge in [0.05, 0.1) is 25.5 Å². The van der Waals surface area contributed by atoms with Gasteiger partial charge in [-0.2, -0.15) is 0 Å². The second kappa shape index (κ2) is 7.45. The molecule has 0 bridgehead atoms. The number of nitrogens with one attached hydrogen (secondary N) is 2. The van der Waals surface area contributed by atoms with E-state index in [1.54, 1.807) is 47.8 Å². The minimum atomic E-state index is -1.40. The van der Waals surface area contributed by atoms with Gasteiger partial charge in [-0.1, -0.05) is 30.3 Å². The summed E-state index contributed by atoms with van der Waals surface area (Å²) in [5.41, 5.74) is 2.04. The summed E-state index contributed by atoms with van der Waals surface area (Å²) in [6.07, 6.45) is 4.83. The Labute approximate surface area is 183 Å². The van der Waals surface area contributed by atoms with Crippen molar-refractivity contribution in [3.8, 4) is 17.0 Å². The van der Waals surface area contributed by atoms with Crippen LogP contribution in [0.25, 0.3) is 11.3 Å². The van der Waals surface area contributed by atoms with E-state index in [-0.39, 0.29) is 12.5 Å². The van der Waals surface area contributed by atoms with Crippen LogP contribution in [0, 0.1) is 0 Å². The van der Waals surface area contributed by atoms with E-state index in [2.05, 4.69) is 20.6 Å². The van der Waals surface area contributed by atoms with Gasteiger partial charge in [0.1, 0.15) is 5.75 Å². The molecule has 3 aromatic rings. The molecule has 0 radical (unpaired) electrons. The van der Waals surface area contributed by atoms with Gasteiger partial charge in [0.25, 0.3) is 11.8 Å². The van der Waals surface area contributed by atoms with Crippen LogP contribution in [0.1, 0.15) is 21.5 Å². The first kappa shape index (κ1) is 19.7. The van der Waals surface area contributed by atoms with Crippen LogP contribution in [-0.4, -0.2) is 46.4 Å². The Hall–Kier alpha value is -4.27. The summed E-state index contributed by atoms with van der Waals surface area (Å²) in [4.78, 5) is 48.0. The van der Waals surface area contributed by atoms with Crippen molar-refractivity contribution in [1.82, 2.24) is 25.5 Å². The number of carbonyl (C=O) groups excluding carboxylic acids is 3. The third-order valence-electron chi connectivity index (χ3n) is 5.80. The topological polar surface area (TPSA) is 114 Å². The van der Waals surface area contributed by atoms with Gasteiger partial charge in [-0.25, -0.2) is 4.79 Å². The van der Waals surface area contributed by atoms with Crippen molar-refractivity contribution in [2.24, 2.45) is 0 Å². The number of carbonyl (C=O) groups is 3. The second-order valence-corrected chi connectivity index (χ2v) is 7.67. The minimum absolute atomic E-state index is 0.00904. The van der Waals surface area contributed by atoms with E-state index >= 15 is 0 Å². The SMILES string of the molecule is COc1ccc2c(c1)C(=O)N(C[C@@]1(c3ccc(-c4cnccn4)cc3)NC(=O)NC1=O)C2. The summed E-state index contributed by atoms with van der Waals surface area (Å²) in [7, 11) is 1.54. The molecule has 9 nitrogen and oxygen atoms in total. The zero-order valence-corrected chi connectivity index (χ0v) is 17.2. The number of nitrogens with zero attached hydrogens (tertiary/aromatic N) is 3. The average molecular weight is 429 g/mol. The number of aromatic nitrogens is 2. The average Bonchev–Trinajstić information content (AvgIpc) is 3.29. The first-order valence-electron chi connectivity index (χ1n) is 9.97. The molecule has 0 aliphatic carbocycles. The van der Waals surface area contributed by atoms with Crippen LogP contribution < -0.4 is 15.4 Å². The number of hydrogen-bond acceptors (Lipinski definition) is 6. The van der Waals surface area contributed by atoms with Crippen LogP contribution in [0.3, 0.4) is 0 Å². The summed E-state index contributed by atoms with van der Waals surface area (Å²) in [5, 5.41) is 5.05. The summed E-state index contributed by atoms with van der Waals surface area (Å²) < 4.78 is 5.22. The molecule has 2 aliphatic heterocycles. The molecule has 9 heteroatoms. The third kappa shape index (κ3) is 3.15. The van der Waals surface area contributed by atoms with Gasteiger partial charge >= 0.3 is 6.03 Å². The van der Waals surface area contributed by atoms with E-state index in [4.69, 9.17) is 4.74 Å². The Morgan fingerprint density at radius 1 is 1.09 bits per heavy atom. The fourth-order valence-electron chi connectivity index (χ4n) is 4.15. The van der Waals surface area contributed by atoms with Crippen molar-refractivity contribution in [3.63, 3.8) is 0 Å². The fraction of sp³-hybridized carbons (Fsp3) is 0.174. The number of methoxy groups -OCH3 is 1. The van der Waals surface area contributed by atoms with Crippen molar-refractivity contribution >= 4 is 17.8 Å². The summed E-state index contributed by atoms with van der Waals surface area (Å²) in [6.45, 7) is 0.325. The van der Waals surface area contributed by atoms with Crippen LogP contribution in [0.4, 0.5) is 4.79 Å². The highest BCUT2D eigenvalue weighted by Crippen LogP contribution is 2.33. The van der Waals surface area contributed by atoms with Gasteiger partial charge in [-0.15, -0.1) is 0 Å². The summed E-state index contributed by atoms with van der Waals surface area (Å²) in [6, 6.07) is 11.8. The number of hydrogen-bond donors (Lipinski definition) is 2. The molecule has 4 amide bonds. The molecule has 1 aromatic heterocycles. The molecule has 3 heterocycles. The largest absolute Gasteiger partial charge is 0.497 e. The molecular formula is C23H19N5O4. The fourth-order valence-corrected chi connectivity index (χ4v) is 4.15. The molecule has 0 unspecified atom stereocenters. The van der Waals surface area contributed by atoms with Gasteiger partial charge in [0, 0.05) is 30.1 Å². The van der Waals surface area contributed by atoms with Gasteiger partial charge in [-0.05, 0) is 23.3 Å². The smallest absolute Gasteiger partial charge is 0.322 e. The highest BCUT2D eigenvalue weighted by molar-refractivity contribution is 6.08. The molecule has 1 fully saturated rings.